The zero-order chi connectivity index (χ0) is 15.7. The normalized spacial score (nSPS) is 24.2. The van der Waals surface area contributed by atoms with E-state index >= 15 is 0 Å². The van der Waals surface area contributed by atoms with E-state index in [1.165, 1.54) is 18.9 Å². The van der Waals surface area contributed by atoms with Gasteiger partial charge in [-0.1, -0.05) is 29.3 Å². The minimum Gasteiger partial charge on any atom is -0.302 e. The molecule has 2 aliphatic rings. The van der Waals surface area contributed by atoms with Crippen LogP contribution in [0.3, 0.4) is 0 Å². The Hall–Kier alpha value is -0.330. The molecule has 0 unspecified atom stereocenters. The number of hydrogen-bond acceptors (Lipinski definition) is 3. The third-order valence-electron chi connectivity index (χ3n) is 4.49. The van der Waals surface area contributed by atoms with E-state index in [0.29, 0.717) is 6.54 Å². The zero-order valence-corrected chi connectivity index (χ0v) is 14.7. The van der Waals surface area contributed by atoms with Crippen molar-refractivity contribution in [3.63, 3.8) is 0 Å². The second-order valence-electron chi connectivity index (χ2n) is 5.97. The number of sulfonamides is 1. The van der Waals surface area contributed by atoms with Crippen LogP contribution in [-0.2, 0) is 10.0 Å². The quantitative estimate of drug-likeness (QED) is 0.825. The standard InChI is InChI=1S/C15H20Cl2N2O2S/c16-13-6-3-7-14(15(13)17)22(20,21)19-10-4-5-12(19)11-18-8-1-2-9-18/h3,6-7,12H,1-2,4-5,8-11H2/t12-/m0/s1. The van der Waals surface area contributed by atoms with Gasteiger partial charge in [0.1, 0.15) is 4.90 Å². The van der Waals surface area contributed by atoms with E-state index in [1.54, 1.807) is 16.4 Å². The summed E-state index contributed by atoms with van der Waals surface area (Å²) >= 11 is 12.1. The maximum absolute atomic E-state index is 13.0. The van der Waals surface area contributed by atoms with Gasteiger partial charge in [0.15, 0.2) is 0 Å². The SMILES string of the molecule is O=S(=O)(c1cccc(Cl)c1Cl)N1CCC[C@H]1CN1CCCC1. The van der Waals surface area contributed by atoms with Crippen molar-refractivity contribution >= 4 is 33.2 Å². The lowest BCUT2D eigenvalue weighted by atomic mass is 10.2. The van der Waals surface area contributed by atoms with Crippen LogP contribution in [0.25, 0.3) is 0 Å². The van der Waals surface area contributed by atoms with Crippen LogP contribution in [0.4, 0.5) is 0 Å². The smallest absolute Gasteiger partial charge is 0.244 e. The van der Waals surface area contributed by atoms with Gasteiger partial charge in [0.25, 0.3) is 0 Å². The summed E-state index contributed by atoms with van der Waals surface area (Å²) in [5.41, 5.74) is 0. The molecule has 122 valence electrons. The Balaban J connectivity index is 1.85. The predicted octanol–water partition coefficient (Wildman–Crippen LogP) is 3.24. The van der Waals surface area contributed by atoms with E-state index < -0.39 is 10.0 Å². The Morgan fingerprint density at radius 3 is 2.55 bits per heavy atom. The highest BCUT2D eigenvalue weighted by molar-refractivity contribution is 7.89. The van der Waals surface area contributed by atoms with E-state index in [9.17, 15) is 8.42 Å². The highest BCUT2D eigenvalue weighted by atomic mass is 35.5. The average Bonchev–Trinajstić information content (AvgIpc) is 3.14. The second-order valence-corrected chi connectivity index (χ2v) is 8.62. The van der Waals surface area contributed by atoms with Crippen LogP contribution < -0.4 is 0 Å². The van der Waals surface area contributed by atoms with Crippen molar-refractivity contribution in [2.45, 2.75) is 36.6 Å². The molecule has 22 heavy (non-hydrogen) atoms. The van der Waals surface area contributed by atoms with Crippen molar-refractivity contribution in [3.8, 4) is 0 Å². The van der Waals surface area contributed by atoms with Gasteiger partial charge >= 0.3 is 0 Å². The first kappa shape index (κ1) is 16.5. The molecule has 7 heteroatoms. The third kappa shape index (κ3) is 3.15. The number of rotatable bonds is 4. The Bertz CT molecular complexity index is 645. The van der Waals surface area contributed by atoms with Gasteiger partial charge in [-0.15, -0.1) is 0 Å². The molecule has 0 radical (unpaired) electrons. The summed E-state index contributed by atoms with van der Waals surface area (Å²) < 4.78 is 27.5. The highest BCUT2D eigenvalue weighted by Gasteiger charge is 2.37. The predicted molar refractivity (Wildman–Crippen MR) is 89.0 cm³/mol. The molecule has 0 N–H and O–H groups in total. The fraction of sp³-hybridized carbons (Fsp3) is 0.600. The molecule has 0 bridgehead atoms. The molecule has 1 aromatic carbocycles. The number of likely N-dealkylation sites (tertiary alicyclic amines) is 1. The van der Waals surface area contributed by atoms with Gasteiger partial charge in [-0.25, -0.2) is 8.42 Å². The second kappa shape index (κ2) is 6.65. The first-order valence-corrected chi connectivity index (χ1v) is 9.88. The van der Waals surface area contributed by atoms with E-state index in [4.69, 9.17) is 23.2 Å². The van der Waals surface area contributed by atoms with Crippen LogP contribution in [0, 0.1) is 0 Å². The lowest BCUT2D eigenvalue weighted by Crippen LogP contribution is -2.42. The molecular weight excluding hydrogens is 343 g/mol. The topological polar surface area (TPSA) is 40.6 Å². The maximum atomic E-state index is 13.0. The van der Waals surface area contributed by atoms with Gasteiger partial charge in [0, 0.05) is 19.1 Å². The van der Waals surface area contributed by atoms with Crippen molar-refractivity contribution in [2.24, 2.45) is 0 Å². The molecule has 4 nitrogen and oxygen atoms in total. The first-order valence-electron chi connectivity index (χ1n) is 7.68. The summed E-state index contributed by atoms with van der Waals surface area (Å²) in [5, 5.41) is 0.397. The van der Waals surface area contributed by atoms with Crippen LogP contribution >= 0.6 is 23.2 Å². The van der Waals surface area contributed by atoms with E-state index in [2.05, 4.69) is 4.90 Å². The van der Waals surface area contributed by atoms with E-state index in [1.807, 2.05) is 0 Å². The Morgan fingerprint density at radius 1 is 1.09 bits per heavy atom. The fourth-order valence-corrected chi connectivity index (χ4v) is 5.80. The fourth-order valence-electron chi connectivity index (χ4n) is 3.38. The molecule has 0 aliphatic carbocycles. The molecule has 0 saturated carbocycles. The maximum Gasteiger partial charge on any atom is 0.244 e. The third-order valence-corrected chi connectivity index (χ3v) is 7.42. The minimum atomic E-state index is -3.59. The molecule has 3 rings (SSSR count). The molecule has 2 heterocycles. The largest absolute Gasteiger partial charge is 0.302 e. The summed E-state index contributed by atoms with van der Waals surface area (Å²) in [7, 11) is -3.59. The Kier molecular flexibility index (Phi) is 5.00. The number of halogens is 2. The summed E-state index contributed by atoms with van der Waals surface area (Å²) in [6.45, 7) is 3.52. The summed E-state index contributed by atoms with van der Waals surface area (Å²) in [6.07, 6.45) is 4.23. The van der Waals surface area contributed by atoms with Gasteiger partial charge in [0.2, 0.25) is 10.0 Å². The molecule has 1 aromatic rings. The number of hydrogen-bond donors (Lipinski definition) is 0. The molecule has 1 atom stereocenters. The molecule has 2 aliphatic heterocycles. The number of nitrogens with zero attached hydrogens (tertiary/aromatic N) is 2. The van der Waals surface area contributed by atoms with Crippen molar-refractivity contribution in [1.82, 2.24) is 9.21 Å². The average molecular weight is 363 g/mol. The molecular formula is C15H20Cl2N2O2S. The summed E-state index contributed by atoms with van der Waals surface area (Å²) in [6, 6.07) is 4.81. The van der Waals surface area contributed by atoms with E-state index in [0.717, 1.165) is 32.5 Å². The van der Waals surface area contributed by atoms with Gasteiger partial charge in [-0.3, -0.25) is 0 Å². The van der Waals surface area contributed by atoms with Gasteiger partial charge in [-0.2, -0.15) is 4.31 Å². The van der Waals surface area contributed by atoms with Crippen molar-refractivity contribution < 1.29 is 8.42 Å². The molecule has 0 amide bonds. The van der Waals surface area contributed by atoms with Gasteiger partial charge in [-0.05, 0) is 50.9 Å². The van der Waals surface area contributed by atoms with Crippen molar-refractivity contribution in [1.29, 1.82) is 0 Å². The van der Waals surface area contributed by atoms with E-state index in [-0.39, 0.29) is 21.0 Å². The van der Waals surface area contributed by atoms with Crippen LogP contribution in [0.5, 0.6) is 0 Å². The monoisotopic (exact) mass is 362 g/mol. The van der Waals surface area contributed by atoms with Crippen LogP contribution in [0.15, 0.2) is 23.1 Å². The Morgan fingerprint density at radius 2 is 1.82 bits per heavy atom. The molecule has 2 fully saturated rings. The number of benzene rings is 1. The van der Waals surface area contributed by atoms with Crippen LogP contribution in [0.1, 0.15) is 25.7 Å². The van der Waals surface area contributed by atoms with Crippen LogP contribution in [0.2, 0.25) is 10.0 Å². The van der Waals surface area contributed by atoms with Crippen molar-refractivity contribution in [3.05, 3.63) is 28.2 Å². The zero-order valence-electron chi connectivity index (χ0n) is 12.3. The summed E-state index contributed by atoms with van der Waals surface area (Å²) in [5.74, 6) is 0. The lowest BCUT2D eigenvalue weighted by molar-refractivity contribution is 0.257. The molecule has 0 aromatic heterocycles. The lowest BCUT2D eigenvalue weighted by Gasteiger charge is -2.28. The minimum absolute atomic E-state index is 0.0400. The van der Waals surface area contributed by atoms with Crippen molar-refractivity contribution in [2.75, 3.05) is 26.2 Å². The highest BCUT2D eigenvalue weighted by Crippen LogP contribution is 2.34. The van der Waals surface area contributed by atoms with Crippen LogP contribution in [-0.4, -0.2) is 49.8 Å². The molecule has 0 spiro atoms. The van der Waals surface area contributed by atoms with Gasteiger partial charge in [0.05, 0.1) is 10.0 Å². The Labute approximate surface area is 142 Å². The molecule has 2 saturated heterocycles. The first-order chi connectivity index (χ1) is 10.5. The summed E-state index contributed by atoms with van der Waals surface area (Å²) in [4.78, 5) is 2.48. The van der Waals surface area contributed by atoms with Gasteiger partial charge < -0.3 is 4.90 Å².